The predicted molar refractivity (Wildman–Crippen MR) is 175 cm³/mol. The van der Waals surface area contributed by atoms with Crippen molar-refractivity contribution in [2.45, 2.75) is 0 Å². The smallest absolute Gasteiger partial charge is 0.201 e. The second kappa shape index (κ2) is 12.9. The van der Waals surface area contributed by atoms with Crippen LogP contribution in [0.1, 0.15) is 31.8 Å². The lowest BCUT2D eigenvalue weighted by Crippen LogP contribution is -2.14. The lowest BCUT2D eigenvalue weighted by atomic mass is 9.91. The Kier molecular flexibility index (Phi) is 8.24. The van der Waals surface area contributed by atoms with Gasteiger partial charge in [-0.1, -0.05) is 78.9 Å². The highest BCUT2D eigenvalue weighted by Crippen LogP contribution is 2.37. The molecule has 6 aromatic rings. The zero-order valence-corrected chi connectivity index (χ0v) is 24.1. The molecule has 0 unspecified atom stereocenters. The van der Waals surface area contributed by atoms with Crippen molar-refractivity contribution in [3.8, 4) is 34.5 Å². The van der Waals surface area contributed by atoms with E-state index < -0.39 is 11.6 Å². The van der Waals surface area contributed by atoms with E-state index >= 15 is 0 Å². The highest BCUT2D eigenvalue weighted by molar-refractivity contribution is 6.22. The van der Waals surface area contributed by atoms with Crippen molar-refractivity contribution in [1.29, 1.82) is 0 Å². The fraction of sp³-hybridized carbons (Fsp3) is 0. The molecular formula is C38H28N2O5. The Morgan fingerprint density at radius 2 is 0.800 bits per heavy atom. The zero-order valence-electron chi connectivity index (χ0n) is 24.1. The summed E-state index contributed by atoms with van der Waals surface area (Å²) in [5, 5.41) is 0. The molecule has 0 amide bonds. The molecule has 7 heteroatoms. The van der Waals surface area contributed by atoms with Gasteiger partial charge in [-0.2, -0.15) is 0 Å². The Bertz CT molecular complexity index is 2010. The van der Waals surface area contributed by atoms with Crippen molar-refractivity contribution in [2.24, 2.45) is 0 Å². The summed E-state index contributed by atoms with van der Waals surface area (Å²) in [7, 11) is 0. The number of carbonyl (C=O) groups excluding carboxylic acids is 2. The Morgan fingerprint density at radius 1 is 0.378 bits per heavy atom. The van der Waals surface area contributed by atoms with Crippen LogP contribution in [0, 0.1) is 0 Å². The molecular weight excluding hydrogens is 564 g/mol. The quantitative estimate of drug-likeness (QED) is 0.121. The predicted octanol–water partition coefficient (Wildman–Crippen LogP) is 8.69. The molecule has 0 saturated heterocycles. The van der Waals surface area contributed by atoms with Crippen LogP contribution < -0.4 is 25.7 Å². The third-order valence-corrected chi connectivity index (χ3v) is 7.01. The van der Waals surface area contributed by atoms with Gasteiger partial charge in [-0.3, -0.25) is 9.59 Å². The van der Waals surface area contributed by atoms with Gasteiger partial charge in [-0.05, 0) is 66.7 Å². The van der Waals surface area contributed by atoms with Gasteiger partial charge >= 0.3 is 0 Å². The van der Waals surface area contributed by atoms with Crippen LogP contribution >= 0.6 is 0 Å². The standard InChI is InChI=1S/C38H28N2O5/c39-29-18-6-10-22-33(29)44-31-20-8-4-15-26(31)37(41)28-17-12-24-35(43-25-13-2-1-3-14-25)36(28)38(42)27-16-5-9-21-32(27)45-34-23-11-7-19-30(34)40/h1-24H,39-40H2. The van der Waals surface area contributed by atoms with Gasteiger partial charge in [-0.15, -0.1) is 0 Å². The van der Waals surface area contributed by atoms with Gasteiger partial charge in [0.05, 0.1) is 28.1 Å². The summed E-state index contributed by atoms with van der Waals surface area (Å²) in [5.41, 5.74) is 13.7. The molecule has 0 aliphatic carbocycles. The number of rotatable bonds is 10. The van der Waals surface area contributed by atoms with Gasteiger partial charge in [0.25, 0.3) is 0 Å². The van der Waals surface area contributed by atoms with Crippen LogP contribution in [0.15, 0.2) is 146 Å². The monoisotopic (exact) mass is 592 g/mol. The Hall–Kier alpha value is -6.34. The summed E-state index contributed by atoms with van der Waals surface area (Å²) in [6.07, 6.45) is 0. The molecule has 4 N–H and O–H groups in total. The molecule has 6 aromatic carbocycles. The zero-order chi connectivity index (χ0) is 31.2. The van der Waals surface area contributed by atoms with Crippen molar-refractivity contribution in [3.63, 3.8) is 0 Å². The van der Waals surface area contributed by atoms with Crippen molar-refractivity contribution in [1.82, 2.24) is 0 Å². The maximum Gasteiger partial charge on any atom is 0.201 e. The highest BCUT2D eigenvalue weighted by atomic mass is 16.5. The first kappa shape index (κ1) is 28.8. The lowest BCUT2D eigenvalue weighted by Gasteiger charge is -2.17. The first-order valence-corrected chi connectivity index (χ1v) is 14.2. The van der Waals surface area contributed by atoms with Crippen LogP contribution in [-0.4, -0.2) is 11.6 Å². The Balaban J connectivity index is 1.47. The number of nitrogens with two attached hydrogens (primary N) is 2. The van der Waals surface area contributed by atoms with Crippen LogP contribution in [0.5, 0.6) is 34.5 Å². The molecule has 7 nitrogen and oxygen atoms in total. The largest absolute Gasteiger partial charge is 0.457 e. The summed E-state index contributed by atoms with van der Waals surface area (Å²) >= 11 is 0. The molecule has 0 fully saturated rings. The summed E-state index contributed by atoms with van der Waals surface area (Å²) in [6.45, 7) is 0. The van der Waals surface area contributed by atoms with Gasteiger partial charge in [0, 0.05) is 5.56 Å². The number of nitrogen functional groups attached to an aromatic ring is 2. The van der Waals surface area contributed by atoms with Crippen molar-refractivity contribution in [3.05, 3.63) is 168 Å². The van der Waals surface area contributed by atoms with Crippen LogP contribution in [0.2, 0.25) is 0 Å². The molecule has 0 spiro atoms. The summed E-state index contributed by atoms with van der Waals surface area (Å²) in [4.78, 5) is 28.9. The molecule has 45 heavy (non-hydrogen) atoms. The number of carbonyl (C=O) groups is 2. The molecule has 0 atom stereocenters. The van der Waals surface area contributed by atoms with Crippen LogP contribution in [0.4, 0.5) is 11.4 Å². The SMILES string of the molecule is Nc1ccccc1Oc1ccccc1C(=O)c1cccc(Oc2ccccc2)c1C(=O)c1ccccc1Oc1ccccc1N. The van der Waals surface area contributed by atoms with Crippen LogP contribution in [0.3, 0.4) is 0 Å². The molecule has 0 bridgehead atoms. The maximum atomic E-state index is 14.5. The van der Waals surface area contributed by atoms with E-state index in [4.69, 9.17) is 25.7 Å². The van der Waals surface area contributed by atoms with E-state index in [2.05, 4.69) is 0 Å². The molecule has 0 aliphatic rings. The van der Waals surface area contributed by atoms with E-state index in [0.29, 0.717) is 28.6 Å². The Morgan fingerprint density at radius 3 is 1.36 bits per heavy atom. The fourth-order valence-corrected chi connectivity index (χ4v) is 4.81. The number of ketones is 2. The van der Waals surface area contributed by atoms with Crippen molar-refractivity contribution in [2.75, 3.05) is 11.5 Å². The molecule has 0 saturated carbocycles. The van der Waals surface area contributed by atoms with E-state index in [1.165, 1.54) is 0 Å². The van der Waals surface area contributed by atoms with Gasteiger partial charge in [-0.25, -0.2) is 0 Å². The number of para-hydroxylation sites is 7. The van der Waals surface area contributed by atoms with Gasteiger partial charge in [0.2, 0.25) is 5.78 Å². The minimum absolute atomic E-state index is 0.0671. The number of hydrogen-bond donors (Lipinski definition) is 2. The van der Waals surface area contributed by atoms with E-state index in [1.54, 1.807) is 127 Å². The minimum Gasteiger partial charge on any atom is -0.457 e. The fourth-order valence-electron chi connectivity index (χ4n) is 4.81. The van der Waals surface area contributed by atoms with Crippen molar-refractivity contribution >= 4 is 22.9 Å². The van der Waals surface area contributed by atoms with E-state index in [9.17, 15) is 9.59 Å². The first-order valence-electron chi connectivity index (χ1n) is 14.2. The number of anilines is 2. The maximum absolute atomic E-state index is 14.5. The third-order valence-electron chi connectivity index (χ3n) is 7.01. The first-order chi connectivity index (χ1) is 22.0. The second-order valence-electron chi connectivity index (χ2n) is 10.0. The van der Waals surface area contributed by atoms with Gasteiger partial charge < -0.3 is 25.7 Å². The Labute approximate surface area is 260 Å². The normalized spacial score (nSPS) is 10.6. The van der Waals surface area contributed by atoms with Crippen LogP contribution in [0.25, 0.3) is 0 Å². The third kappa shape index (κ3) is 6.23. The summed E-state index contributed by atoms with van der Waals surface area (Å²) < 4.78 is 18.4. The van der Waals surface area contributed by atoms with E-state index in [1.807, 2.05) is 18.2 Å². The van der Waals surface area contributed by atoms with Gasteiger partial charge in [0.15, 0.2) is 5.78 Å². The molecule has 0 heterocycles. The molecule has 6 rings (SSSR count). The topological polar surface area (TPSA) is 114 Å². The molecule has 220 valence electrons. The number of ether oxygens (including phenoxy) is 3. The van der Waals surface area contributed by atoms with Crippen molar-refractivity contribution < 1.29 is 23.8 Å². The highest BCUT2D eigenvalue weighted by Gasteiger charge is 2.28. The average Bonchev–Trinajstić information content (AvgIpc) is 3.07. The average molecular weight is 593 g/mol. The molecule has 0 aliphatic heterocycles. The van der Waals surface area contributed by atoms with E-state index in [-0.39, 0.29) is 39.5 Å². The molecule has 0 radical (unpaired) electrons. The van der Waals surface area contributed by atoms with Gasteiger partial charge in [0.1, 0.15) is 34.5 Å². The minimum atomic E-state index is -0.472. The number of benzene rings is 6. The second-order valence-corrected chi connectivity index (χ2v) is 10.0. The van der Waals surface area contributed by atoms with Crippen LogP contribution in [-0.2, 0) is 0 Å². The van der Waals surface area contributed by atoms with E-state index in [0.717, 1.165) is 0 Å². The lowest BCUT2D eigenvalue weighted by molar-refractivity contribution is 0.0998. The summed E-state index contributed by atoms with van der Waals surface area (Å²) in [6, 6.07) is 41.6. The molecule has 0 aromatic heterocycles. The number of hydrogen-bond acceptors (Lipinski definition) is 7. The summed E-state index contributed by atoms with van der Waals surface area (Å²) in [5.74, 6) is 1.16.